The maximum Gasteiger partial charge on any atom is 0.221 e. The maximum atomic E-state index is 5.91. The monoisotopic (exact) mass is 342 g/mol. The lowest BCUT2D eigenvalue weighted by atomic mass is 10.1. The Balaban J connectivity index is 1.98. The molecule has 0 atom stereocenters. The highest BCUT2D eigenvalue weighted by molar-refractivity contribution is 5.91. The zero-order chi connectivity index (χ0) is 18.1. The van der Waals surface area contributed by atoms with E-state index in [0.717, 1.165) is 33.8 Å². The SMILES string of the molecule is COc1ccc(C)cc1-c1ccc2nc(N)nc(-c3ccccc3)c2n1. The molecule has 0 aliphatic rings. The van der Waals surface area contributed by atoms with Crippen LogP contribution in [0.25, 0.3) is 33.5 Å². The van der Waals surface area contributed by atoms with Crippen LogP contribution >= 0.6 is 0 Å². The van der Waals surface area contributed by atoms with E-state index in [1.165, 1.54) is 0 Å². The summed E-state index contributed by atoms with van der Waals surface area (Å²) in [5.74, 6) is 1.01. The Kier molecular flexibility index (Phi) is 3.97. The number of hydrogen-bond donors (Lipinski definition) is 1. The van der Waals surface area contributed by atoms with E-state index < -0.39 is 0 Å². The summed E-state index contributed by atoms with van der Waals surface area (Å²) in [6, 6.07) is 19.8. The molecule has 0 spiro atoms. The number of nitrogens with zero attached hydrogens (tertiary/aromatic N) is 3. The number of aromatic nitrogens is 3. The molecule has 0 radical (unpaired) electrons. The topological polar surface area (TPSA) is 73.9 Å². The van der Waals surface area contributed by atoms with Crippen LogP contribution in [-0.2, 0) is 0 Å². The summed E-state index contributed by atoms with van der Waals surface area (Å²) in [7, 11) is 1.66. The zero-order valence-corrected chi connectivity index (χ0v) is 14.6. The van der Waals surface area contributed by atoms with Crippen molar-refractivity contribution >= 4 is 17.0 Å². The maximum absolute atomic E-state index is 5.91. The summed E-state index contributed by atoms with van der Waals surface area (Å²) in [6.45, 7) is 2.04. The Bertz CT molecular complexity index is 1090. The zero-order valence-electron chi connectivity index (χ0n) is 14.6. The van der Waals surface area contributed by atoms with Crippen LogP contribution in [0.5, 0.6) is 5.75 Å². The fourth-order valence-electron chi connectivity index (χ4n) is 3.00. The molecule has 4 aromatic rings. The highest BCUT2D eigenvalue weighted by Gasteiger charge is 2.13. The van der Waals surface area contributed by atoms with E-state index >= 15 is 0 Å². The van der Waals surface area contributed by atoms with E-state index in [0.29, 0.717) is 11.0 Å². The fraction of sp³-hybridized carbons (Fsp3) is 0.0952. The quantitative estimate of drug-likeness (QED) is 0.602. The lowest BCUT2D eigenvalue weighted by molar-refractivity contribution is 0.416. The van der Waals surface area contributed by atoms with Crippen LogP contribution in [0.3, 0.4) is 0 Å². The number of rotatable bonds is 3. The van der Waals surface area contributed by atoms with E-state index in [4.69, 9.17) is 15.5 Å². The molecule has 0 amide bonds. The number of benzene rings is 2. The minimum Gasteiger partial charge on any atom is -0.496 e. The van der Waals surface area contributed by atoms with Gasteiger partial charge in [0.25, 0.3) is 0 Å². The molecule has 5 nitrogen and oxygen atoms in total. The van der Waals surface area contributed by atoms with Gasteiger partial charge in [0.05, 0.1) is 18.3 Å². The smallest absolute Gasteiger partial charge is 0.221 e. The van der Waals surface area contributed by atoms with Gasteiger partial charge in [-0.1, -0.05) is 42.0 Å². The van der Waals surface area contributed by atoms with Gasteiger partial charge in [0.15, 0.2) is 0 Å². The molecule has 128 valence electrons. The van der Waals surface area contributed by atoms with E-state index in [1.54, 1.807) is 7.11 Å². The third-order valence-electron chi connectivity index (χ3n) is 4.24. The average Bonchev–Trinajstić information content (AvgIpc) is 2.67. The number of aryl methyl sites for hydroxylation is 1. The summed E-state index contributed by atoms with van der Waals surface area (Å²) in [6.07, 6.45) is 0. The molecular weight excluding hydrogens is 324 g/mol. The first-order valence-electron chi connectivity index (χ1n) is 8.30. The van der Waals surface area contributed by atoms with Gasteiger partial charge >= 0.3 is 0 Å². The van der Waals surface area contributed by atoms with Crippen molar-refractivity contribution < 1.29 is 4.74 Å². The van der Waals surface area contributed by atoms with Gasteiger partial charge < -0.3 is 10.5 Å². The third-order valence-corrected chi connectivity index (χ3v) is 4.24. The van der Waals surface area contributed by atoms with Crippen LogP contribution in [-0.4, -0.2) is 22.1 Å². The molecule has 0 saturated heterocycles. The molecule has 2 aromatic carbocycles. The first kappa shape index (κ1) is 16.0. The molecule has 0 unspecified atom stereocenters. The van der Waals surface area contributed by atoms with Gasteiger partial charge in [-0.05, 0) is 31.2 Å². The van der Waals surface area contributed by atoms with Gasteiger partial charge in [0.1, 0.15) is 17.0 Å². The van der Waals surface area contributed by atoms with Crippen molar-refractivity contribution in [3.8, 4) is 28.3 Å². The lowest BCUT2D eigenvalue weighted by Crippen LogP contribution is -2.00. The first-order chi connectivity index (χ1) is 12.7. The van der Waals surface area contributed by atoms with Gasteiger partial charge in [0.2, 0.25) is 5.95 Å². The Hall–Kier alpha value is -3.47. The molecule has 2 aromatic heterocycles. The Morgan fingerprint density at radius 1 is 0.885 bits per heavy atom. The molecular formula is C21H18N4O. The predicted octanol–water partition coefficient (Wildman–Crippen LogP) is 4.26. The molecule has 0 aliphatic heterocycles. The summed E-state index contributed by atoms with van der Waals surface area (Å²) in [4.78, 5) is 13.6. The van der Waals surface area contributed by atoms with Crippen LogP contribution in [0.4, 0.5) is 5.95 Å². The second kappa shape index (κ2) is 6.44. The van der Waals surface area contributed by atoms with Gasteiger partial charge in [-0.15, -0.1) is 0 Å². The van der Waals surface area contributed by atoms with Crippen LogP contribution in [0.1, 0.15) is 5.56 Å². The van der Waals surface area contributed by atoms with Crippen molar-refractivity contribution in [1.29, 1.82) is 0 Å². The van der Waals surface area contributed by atoms with E-state index in [9.17, 15) is 0 Å². The van der Waals surface area contributed by atoms with Crippen molar-refractivity contribution in [3.63, 3.8) is 0 Å². The largest absolute Gasteiger partial charge is 0.496 e. The fourth-order valence-corrected chi connectivity index (χ4v) is 3.00. The highest BCUT2D eigenvalue weighted by atomic mass is 16.5. The summed E-state index contributed by atoms with van der Waals surface area (Å²) in [5, 5.41) is 0. The second-order valence-corrected chi connectivity index (χ2v) is 6.06. The summed E-state index contributed by atoms with van der Waals surface area (Å²) < 4.78 is 5.51. The van der Waals surface area contributed by atoms with E-state index in [1.807, 2.05) is 61.5 Å². The molecule has 5 heteroatoms. The molecule has 0 saturated carbocycles. The Morgan fingerprint density at radius 3 is 2.46 bits per heavy atom. The number of ether oxygens (including phenoxy) is 1. The summed E-state index contributed by atoms with van der Waals surface area (Å²) >= 11 is 0. The number of fused-ring (bicyclic) bond motifs is 1. The van der Waals surface area contributed by atoms with Gasteiger partial charge in [-0.3, -0.25) is 0 Å². The van der Waals surface area contributed by atoms with Gasteiger partial charge in [-0.2, -0.15) is 0 Å². The van der Waals surface area contributed by atoms with Crippen molar-refractivity contribution in [2.24, 2.45) is 0 Å². The number of methoxy groups -OCH3 is 1. The predicted molar refractivity (Wildman–Crippen MR) is 104 cm³/mol. The van der Waals surface area contributed by atoms with Crippen LogP contribution < -0.4 is 10.5 Å². The first-order valence-corrected chi connectivity index (χ1v) is 8.30. The minimum atomic E-state index is 0.235. The normalized spacial score (nSPS) is 10.8. The molecule has 0 bridgehead atoms. The molecule has 4 rings (SSSR count). The highest BCUT2D eigenvalue weighted by Crippen LogP contribution is 2.32. The van der Waals surface area contributed by atoms with Crippen molar-refractivity contribution in [3.05, 3.63) is 66.2 Å². The summed E-state index contributed by atoms with van der Waals surface area (Å²) in [5.41, 5.74) is 11.9. The molecule has 2 N–H and O–H groups in total. The van der Waals surface area contributed by atoms with Crippen LogP contribution in [0.2, 0.25) is 0 Å². The number of anilines is 1. The number of pyridine rings is 1. The third kappa shape index (κ3) is 2.84. The average molecular weight is 342 g/mol. The van der Waals surface area contributed by atoms with Crippen LogP contribution in [0, 0.1) is 6.92 Å². The number of hydrogen-bond acceptors (Lipinski definition) is 5. The number of nitrogens with two attached hydrogens (primary N) is 1. The molecule has 0 aliphatic carbocycles. The van der Waals surface area contributed by atoms with Crippen LogP contribution in [0.15, 0.2) is 60.7 Å². The lowest BCUT2D eigenvalue weighted by Gasteiger charge is -2.11. The van der Waals surface area contributed by atoms with Crippen molar-refractivity contribution in [1.82, 2.24) is 15.0 Å². The van der Waals surface area contributed by atoms with Gasteiger partial charge in [0, 0.05) is 11.1 Å². The molecule has 2 heterocycles. The van der Waals surface area contributed by atoms with Gasteiger partial charge in [-0.25, -0.2) is 15.0 Å². The van der Waals surface area contributed by atoms with E-state index in [2.05, 4.69) is 16.0 Å². The second-order valence-electron chi connectivity index (χ2n) is 6.06. The Morgan fingerprint density at radius 2 is 1.69 bits per heavy atom. The molecule has 0 fully saturated rings. The standard InChI is InChI=1S/C21H18N4O/c1-13-8-11-18(26-2)15(12-13)16-9-10-17-20(23-16)19(25-21(22)24-17)14-6-4-3-5-7-14/h3-12H,1-2H3,(H2,22,24,25). The van der Waals surface area contributed by atoms with E-state index in [-0.39, 0.29) is 5.95 Å². The molecule has 26 heavy (non-hydrogen) atoms. The van der Waals surface area contributed by atoms with Crippen molar-refractivity contribution in [2.75, 3.05) is 12.8 Å². The number of nitrogen functional groups attached to an aromatic ring is 1. The minimum absolute atomic E-state index is 0.235. The Labute approximate surface area is 151 Å². The van der Waals surface area contributed by atoms with Crippen molar-refractivity contribution in [2.45, 2.75) is 6.92 Å².